The number of rotatable bonds is 64. The summed E-state index contributed by atoms with van der Waals surface area (Å²) >= 11 is 0. The highest BCUT2D eigenvalue weighted by atomic mass is 16.7. The molecule has 2 unspecified atom stereocenters. The van der Waals surface area contributed by atoms with Crippen LogP contribution in [0.3, 0.4) is 0 Å². The Morgan fingerprint density at radius 3 is 1.05 bits per heavy atom. The van der Waals surface area contributed by atoms with Crippen molar-refractivity contribution in [1.29, 1.82) is 0 Å². The predicted octanol–water partition coefficient (Wildman–Crippen LogP) is 21.1. The summed E-state index contributed by atoms with van der Waals surface area (Å²) in [5, 5.41) is 9.74. The van der Waals surface area contributed by atoms with E-state index in [1.807, 2.05) is 21.1 Å². The van der Waals surface area contributed by atoms with Crippen LogP contribution in [0.25, 0.3) is 0 Å². The van der Waals surface area contributed by atoms with Gasteiger partial charge in [0, 0.05) is 12.8 Å². The third-order valence-electron chi connectivity index (χ3n) is 15.3. The second kappa shape index (κ2) is 63.0. The highest BCUT2D eigenvalue weighted by Crippen LogP contribution is 2.18. The van der Waals surface area contributed by atoms with Gasteiger partial charge in [-0.05, 0) is 57.8 Å². The number of carboxylic acid groups (broad SMARTS) is 1. The van der Waals surface area contributed by atoms with Gasteiger partial charge in [0.05, 0.1) is 34.4 Å². The highest BCUT2D eigenvalue weighted by Gasteiger charge is 2.25. The van der Waals surface area contributed by atoms with E-state index in [1.54, 1.807) is 0 Å². The van der Waals surface area contributed by atoms with Crippen LogP contribution in [0.2, 0.25) is 0 Å². The molecule has 81 heavy (non-hydrogen) atoms. The van der Waals surface area contributed by atoms with Crippen molar-refractivity contribution in [2.45, 2.75) is 334 Å². The lowest BCUT2D eigenvalue weighted by Gasteiger charge is -2.25. The van der Waals surface area contributed by atoms with Gasteiger partial charge in [-0.15, -0.1) is 0 Å². The summed E-state index contributed by atoms with van der Waals surface area (Å²) in [6, 6.07) is 0. The summed E-state index contributed by atoms with van der Waals surface area (Å²) in [4.78, 5) is 37.6. The number of carboxylic acids is 1. The monoisotopic (exact) mass is 1140 g/mol. The molecule has 0 saturated heterocycles. The van der Waals surface area contributed by atoms with E-state index in [1.165, 1.54) is 225 Å². The largest absolute Gasteiger partial charge is 0.477 e. The second-order valence-electron chi connectivity index (χ2n) is 24.5. The molecule has 0 bridgehead atoms. The number of unbranched alkanes of at least 4 members (excludes halogenated alkanes) is 39. The molecule has 0 aliphatic heterocycles. The van der Waals surface area contributed by atoms with Gasteiger partial charge in [-0.1, -0.05) is 312 Å². The number of ether oxygens (including phenoxy) is 4. The van der Waals surface area contributed by atoms with E-state index in [2.05, 4.69) is 74.6 Å². The van der Waals surface area contributed by atoms with Gasteiger partial charge in [0.2, 0.25) is 0 Å². The first-order valence-corrected chi connectivity index (χ1v) is 34.5. The minimum Gasteiger partial charge on any atom is -0.477 e. The Hall–Kier alpha value is -3.01. The van der Waals surface area contributed by atoms with Crippen molar-refractivity contribution in [3.63, 3.8) is 0 Å². The molecule has 0 saturated carbocycles. The number of esters is 2. The van der Waals surface area contributed by atoms with E-state index in [0.717, 1.165) is 70.6 Å². The van der Waals surface area contributed by atoms with Crippen LogP contribution in [-0.2, 0) is 33.3 Å². The number of allylic oxidation sites excluding steroid dienone is 10. The molecule has 1 N–H and O–H groups in total. The normalized spacial score (nSPS) is 13.0. The number of hydrogen-bond acceptors (Lipinski definition) is 7. The van der Waals surface area contributed by atoms with Crippen molar-refractivity contribution < 1.29 is 42.9 Å². The number of quaternary nitrogens is 1. The van der Waals surface area contributed by atoms with Gasteiger partial charge < -0.3 is 28.5 Å². The van der Waals surface area contributed by atoms with E-state index in [4.69, 9.17) is 18.9 Å². The molecule has 0 aromatic heterocycles. The van der Waals surface area contributed by atoms with Crippen molar-refractivity contribution in [3.05, 3.63) is 60.8 Å². The van der Waals surface area contributed by atoms with Crippen molar-refractivity contribution in [3.8, 4) is 0 Å². The molecule has 0 heterocycles. The summed E-state index contributed by atoms with van der Waals surface area (Å²) < 4.78 is 23.0. The van der Waals surface area contributed by atoms with Gasteiger partial charge >= 0.3 is 17.9 Å². The zero-order valence-corrected chi connectivity index (χ0v) is 53.9. The average Bonchev–Trinajstić information content (AvgIpc) is 3.44. The summed E-state index contributed by atoms with van der Waals surface area (Å²) in [7, 11) is 5.99. The number of carbonyl (C=O) groups excluding carboxylic acids is 2. The number of carbonyl (C=O) groups is 3. The van der Waals surface area contributed by atoms with Crippen LogP contribution in [-0.4, -0.2) is 87.4 Å². The topological polar surface area (TPSA) is 108 Å². The van der Waals surface area contributed by atoms with E-state index in [0.29, 0.717) is 17.4 Å². The SMILES string of the molecule is CC/C=C\C/C=C\C/C=C\C/C=C\C/C=C\CCCCCCCCCCCCCCCCCCCC(=O)OC(COC(=O)CCCCCCCCCCCCCCCCCCCCCCCCC)COC(OCC[N+](C)(C)C)C(=O)O. The van der Waals surface area contributed by atoms with Crippen LogP contribution in [0, 0.1) is 0 Å². The lowest BCUT2D eigenvalue weighted by Crippen LogP contribution is -2.40. The van der Waals surface area contributed by atoms with Gasteiger partial charge in [-0.3, -0.25) is 9.59 Å². The van der Waals surface area contributed by atoms with Crippen molar-refractivity contribution in [2.24, 2.45) is 0 Å². The third-order valence-corrected chi connectivity index (χ3v) is 15.3. The Labute approximate surface area is 501 Å². The Balaban J connectivity index is 4.08. The summed E-state index contributed by atoms with van der Waals surface area (Å²) in [5.41, 5.74) is 0. The molecular weight excluding hydrogens is 1010 g/mol. The fraction of sp³-hybridized carbons (Fsp3) is 0.819. The molecule has 9 heteroatoms. The Morgan fingerprint density at radius 1 is 0.383 bits per heavy atom. The predicted molar refractivity (Wildman–Crippen MR) is 346 cm³/mol. The molecule has 0 amide bonds. The van der Waals surface area contributed by atoms with Crippen molar-refractivity contribution >= 4 is 17.9 Å². The average molecular weight is 1140 g/mol. The fourth-order valence-corrected chi connectivity index (χ4v) is 10.0. The minimum atomic E-state index is -1.51. The van der Waals surface area contributed by atoms with Gasteiger partial charge in [0.25, 0.3) is 6.29 Å². The maximum atomic E-state index is 12.9. The first-order valence-electron chi connectivity index (χ1n) is 34.5. The maximum absolute atomic E-state index is 12.9. The number of nitrogens with zero attached hydrogens (tertiary/aromatic N) is 1. The van der Waals surface area contributed by atoms with Gasteiger partial charge in [-0.2, -0.15) is 0 Å². The molecule has 0 rings (SSSR count). The van der Waals surface area contributed by atoms with Gasteiger partial charge in [-0.25, -0.2) is 4.79 Å². The Kier molecular flexibility index (Phi) is 60.7. The molecular formula is C72H132NO8+. The van der Waals surface area contributed by atoms with Crippen molar-refractivity contribution in [2.75, 3.05) is 47.5 Å². The number of hydrogen-bond donors (Lipinski definition) is 1. The van der Waals surface area contributed by atoms with Gasteiger partial charge in [0.1, 0.15) is 13.2 Å². The molecule has 472 valence electrons. The zero-order valence-electron chi connectivity index (χ0n) is 53.9. The molecule has 0 aromatic carbocycles. The van der Waals surface area contributed by atoms with Crippen LogP contribution in [0.5, 0.6) is 0 Å². The quantitative estimate of drug-likeness (QED) is 0.0211. The van der Waals surface area contributed by atoms with E-state index < -0.39 is 18.4 Å². The lowest BCUT2D eigenvalue weighted by molar-refractivity contribution is -0.870. The summed E-state index contributed by atoms with van der Waals surface area (Å²) in [5.74, 6) is -1.98. The third kappa shape index (κ3) is 64.4. The molecule has 2 atom stereocenters. The maximum Gasteiger partial charge on any atom is 0.361 e. The Bertz CT molecular complexity index is 1510. The highest BCUT2D eigenvalue weighted by molar-refractivity contribution is 5.71. The van der Waals surface area contributed by atoms with Crippen LogP contribution < -0.4 is 0 Å². The molecule has 0 aliphatic rings. The smallest absolute Gasteiger partial charge is 0.361 e. The van der Waals surface area contributed by atoms with Crippen molar-refractivity contribution in [1.82, 2.24) is 0 Å². The summed E-state index contributed by atoms with van der Waals surface area (Å²) in [6.07, 6.45) is 79.0. The molecule has 0 radical (unpaired) electrons. The first kappa shape index (κ1) is 78.0. The zero-order chi connectivity index (χ0) is 59.1. The molecule has 9 nitrogen and oxygen atoms in total. The van der Waals surface area contributed by atoms with E-state index in [9.17, 15) is 19.5 Å². The van der Waals surface area contributed by atoms with Crippen LogP contribution in [0.4, 0.5) is 0 Å². The standard InChI is InChI=1S/C72H131NO8/c1-6-8-10-12-14-16-18-20-22-24-26-28-30-31-32-33-34-35-36-37-38-39-41-43-45-47-49-51-53-55-57-59-61-63-70(75)81-68(67-80-72(71(76)77)78-65-64-73(3,4)5)66-79-69(74)62-60-58-56-54-52-50-48-46-44-42-40-29-27-25-23-21-19-17-15-13-11-9-7-2/h8,10,14,16,20,22,26,28,31-32,68,72H,6-7,9,11-13,15,17-19,21,23-25,27,29-30,33-67H2,1-5H3/p+1/b10-8-,16-14-,22-20-,28-26-,32-31-. The van der Waals surface area contributed by atoms with Gasteiger partial charge in [0.15, 0.2) is 6.10 Å². The molecule has 0 aromatic rings. The second-order valence-corrected chi connectivity index (χ2v) is 24.5. The fourth-order valence-electron chi connectivity index (χ4n) is 10.0. The molecule has 0 spiro atoms. The first-order chi connectivity index (χ1) is 39.6. The van der Waals surface area contributed by atoms with E-state index in [-0.39, 0.29) is 38.2 Å². The number of aliphatic carboxylic acids is 1. The van der Waals surface area contributed by atoms with Crippen LogP contribution in [0.15, 0.2) is 60.8 Å². The lowest BCUT2D eigenvalue weighted by atomic mass is 10.0. The van der Waals surface area contributed by atoms with Crippen LogP contribution in [0.1, 0.15) is 322 Å². The van der Waals surface area contributed by atoms with E-state index >= 15 is 0 Å². The number of likely N-dealkylation sites (N-methyl/N-ethyl adjacent to an activating group) is 1. The molecule has 0 fully saturated rings. The Morgan fingerprint density at radius 2 is 0.704 bits per heavy atom. The summed E-state index contributed by atoms with van der Waals surface area (Å²) in [6.45, 7) is 4.82. The van der Waals surface area contributed by atoms with Crippen LogP contribution >= 0.6 is 0 Å². The minimum absolute atomic E-state index is 0.178. The molecule has 0 aliphatic carbocycles.